The first kappa shape index (κ1) is 16.6. The van der Waals surface area contributed by atoms with E-state index in [0.717, 1.165) is 12.8 Å². The lowest BCUT2D eigenvalue weighted by Crippen LogP contribution is -2.49. The van der Waals surface area contributed by atoms with Crippen LogP contribution in [-0.2, 0) is 10.0 Å². The zero-order valence-corrected chi connectivity index (χ0v) is 14.3. The van der Waals surface area contributed by atoms with E-state index in [1.54, 1.807) is 4.31 Å². The Labute approximate surface area is 128 Å². The first-order valence-corrected chi connectivity index (χ1v) is 10.6. The minimum atomic E-state index is -3.04. The van der Waals surface area contributed by atoms with Crippen molar-refractivity contribution in [2.24, 2.45) is 5.92 Å². The van der Waals surface area contributed by atoms with Gasteiger partial charge in [-0.2, -0.15) is 11.8 Å². The van der Waals surface area contributed by atoms with Crippen LogP contribution in [-0.4, -0.2) is 55.2 Å². The molecular formula is C14H28N2O2S2. The van der Waals surface area contributed by atoms with E-state index < -0.39 is 10.0 Å². The number of thioether (sulfide) groups is 1. The number of nitrogens with one attached hydrogen (secondary N) is 1. The maximum atomic E-state index is 12.2. The third-order valence-electron chi connectivity index (χ3n) is 4.02. The Hall–Kier alpha value is 0.220. The zero-order chi connectivity index (χ0) is 14.6. The van der Waals surface area contributed by atoms with Crippen molar-refractivity contribution in [1.82, 2.24) is 9.62 Å². The monoisotopic (exact) mass is 320 g/mol. The predicted octanol–water partition coefficient (Wildman–Crippen LogP) is 1.92. The standard InChI is InChI=1S/C14H28N2O2S2/c1-12(2)11-20(17,18)16-7-5-13(6-8-16)15-14-4-3-9-19-10-14/h12-15H,3-11H2,1-2H3. The molecule has 2 aliphatic rings. The van der Waals surface area contributed by atoms with Gasteiger partial charge in [0.1, 0.15) is 0 Å². The summed E-state index contributed by atoms with van der Waals surface area (Å²) in [6.45, 7) is 5.30. The molecule has 2 aliphatic heterocycles. The summed E-state index contributed by atoms with van der Waals surface area (Å²) in [4.78, 5) is 0. The van der Waals surface area contributed by atoms with Crippen LogP contribution < -0.4 is 5.32 Å². The minimum Gasteiger partial charge on any atom is -0.310 e. The van der Waals surface area contributed by atoms with Crippen molar-refractivity contribution in [2.45, 2.75) is 51.6 Å². The van der Waals surface area contributed by atoms with E-state index in [-0.39, 0.29) is 11.7 Å². The molecule has 1 atom stereocenters. The summed E-state index contributed by atoms with van der Waals surface area (Å²) in [6, 6.07) is 1.14. The van der Waals surface area contributed by atoms with Gasteiger partial charge in [-0.15, -0.1) is 0 Å². The first-order valence-electron chi connectivity index (χ1n) is 7.79. The summed E-state index contributed by atoms with van der Waals surface area (Å²) in [5.74, 6) is 3.00. The van der Waals surface area contributed by atoms with Crippen LogP contribution in [0.5, 0.6) is 0 Å². The summed E-state index contributed by atoms with van der Waals surface area (Å²) in [5.41, 5.74) is 0. The third kappa shape index (κ3) is 4.90. The predicted molar refractivity (Wildman–Crippen MR) is 86.7 cm³/mol. The maximum Gasteiger partial charge on any atom is 0.214 e. The quantitative estimate of drug-likeness (QED) is 0.841. The lowest BCUT2D eigenvalue weighted by Gasteiger charge is -2.35. The molecule has 1 unspecified atom stereocenters. The van der Waals surface area contributed by atoms with E-state index in [4.69, 9.17) is 0 Å². The fourth-order valence-electron chi connectivity index (χ4n) is 3.03. The SMILES string of the molecule is CC(C)CS(=O)(=O)N1CCC(NC2CCCSC2)CC1. The number of nitrogens with zero attached hydrogens (tertiary/aromatic N) is 1. The summed E-state index contributed by atoms with van der Waals surface area (Å²) >= 11 is 2.03. The summed E-state index contributed by atoms with van der Waals surface area (Å²) in [5, 5.41) is 3.73. The van der Waals surface area contributed by atoms with Crippen LogP contribution in [0.3, 0.4) is 0 Å². The molecule has 0 aromatic heterocycles. The van der Waals surface area contributed by atoms with Gasteiger partial charge >= 0.3 is 0 Å². The lowest BCUT2D eigenvalue weighted by atomic mass is 10.0. The maximum absolute atomic E-state index is 12.2. The Morgan fingerprint density at radius 2 is 1.90 bits per heavy atom. The number of hydrogen-bond donors (Lipinski definition) is 1. The Kier molecular flexibility index (Phi) is 6.20. The number of piperidine rings is 1. The van der Waals surface area contributed by atoms with Gasteiger partial charge in [0, 0.05) is 30.9 Å². The van der Waals surface area contributed by atoms with Gasteiger partial charge in [0.15, 0.2) is 0 Å². The number of rotatable bonds is 5. The van der Waals surface area contributed by atoms with Gasteiger partial charge < -0.3 is 5.32 Å². The van der Waals surface area contributed by atoms with Gasteiger partial charge in [0.05, 0.1) is 5.75 Å². The Balaban J connectivity index is 1.77. The number of sulfonamides is 1. The Morgan fingerprint density at radius 1 is 1.20 bits per heavy atom. The molecule has 6 heteroatoms. The van der Waals surface area contributed by atoms with Crippen molar-refractivity contribution >= 4 is 21.8 Å². The second kappa shape index (κ2) is 7.47. The van der Waals surface area contributed by atoms with Gasteiger partial charge in [-0.25, -0.2) is 12.7 Å². The van der Waals surface area contributed by atoms with Gasteiger partial charge in [-0.05, 0) is 37.4 Å². The highest BCUT2D eigenvalue weighted by molar-refractivity contribution is 7.99. The molecule has 2 fully saturated rings. The van der Waals surface area contributed by atoms with E-state index in [0.29, 0.717) is 25.2 Å². The van der Waals surface area contributed by atoms with Crippen molar-refractivity contribution < 1.29 is 8.42 Å². The molecule has 2 saturated heterocycles. The van der Waals surface area contributed by atoms with E-state index in [2.05, 4.69) is 5.32 Å². The fraction of sp³-hybridized carbons (Fsp3) is 1.00. The molecule has 2 rings (SSSR count). The summed E-state index contributed by atoms with van der Waals surface area (Å²) in [7, 11) is -3.04. The van der Waals surface area contributed by atoms with Crippen molar-refractivity contribution in [2.75, 3.05) is 30.3 Å². The van der Waals surface area contributed by atoms with Crippen LogP contribution in [0.15, 0.2) is 0 Å². The van der Waals surface area contributed by atoms with Crippen LogP contribution in [0.1, 0.15) is 39.5 Å². The Morgan fingerprint density at radius 3 is 2.45 bits per heavy atom. The molecule has 20 heavy (non-hydrogen) atoms. The fourth-order valence-corrected chi connectivity index (χ4v) is 5.94. The average Bonchev–Trinajstić information content (AvgIpc) is 2.39. The van der Waals surface area contributed by atoms with Crippen LogP contribution >= 0.6 is 11.8 Å². The largest absolute Gasteiger partial charge is 0.310 e. The first-order chi connectivity index (χ1) is 9.47. The zero-order valence-electron chi connectivity index (χ0n) is 12.7. The van der Waals surface area contributed by atoms with Crippen LogP contribution in [0, 0.1) is 5.92 Å². The van der Waals surface area contributed by atoms with Crippen molar-refractivity contribution in [3.63, 3.8) is 0 Å². The second-order valence-electron chi connectivity index (χ2n) is 6.43. The molecule has 118 valence electrons. The van der Waals surface area contributed by atoms with E-state index in [1.165, 1.54) is 24.3 Å². The summed E-state index contributed by atoms with van der Waals surface area (Å²) < 4.78 is 26.1. The smallest absolute Gasteiger partial charge is 0.214 e. The Bertz CT molecular complexity index is 384. The molecule has 1 N–H and O–H groups in total. The van der Waals surface area contributed by atoms with Crippen LogP contribution in [0.4, 0.5) is 0 Å². The second-order valence-corrected chi connectivity index (χ2v) is 9.59. The third-order valence-corrected chi connectivity index (χ3v) is 7.48. The van der Waals surface area contributed by atoms with Crippen LogP contribution in [0.2, 0.25) is 0 Å². The molecule has 0 aromatic rings. The van der Waals surface area contributed by atoms with E-state index in [9.17, 15) is 8.42 Å². The van der Waals surface area contributed by atoms with Gasteiger partial charge in [-0.1, -0.05) is 13.8 Å². The van der Waals surface area contributed by atoms with E-state index >= 15 is 0 Å². The van der Waals surface area contributed by atoms with Gasteiger partial charge in [0.2, 0.25) is 10.0 Å². The topological polar surface area (TPSA) is 49.4 Å². The average molecular weight is 321 g/mol. The molecular weight excluding hydrogens is 292 g/mol. The highest BCUT2D eigenvalue weighted by Crippen LogP contribution is 2.21. The molecule has 0 aliphatic carbocycles. The summed E-state index contributed by atoms with van der Waals surface area (Å²) in [6.07, 6.45) is 4.50. The lowest BCUT2D eigenvalue weighted by molar-refractivity contribution is 0.272. The van der Waals surface area contributed by atoms with Crippen molar-refractivity contribution in [3.8, 4) is 0 Å². The molecule has 0 bridgehead atoms. The molecule has 2 heterocycles. The molecule has 4 nitrogen and oxygen atoms in total. The molecule has 0 saturated carbocycles. The highest BCUT2D eigenvalue weighted by atomic mass is 32.2. The normalized spacial score (nSPS) is 27.1. The van der Waals surface area contributed by atoms with Crippen molar-refractivity contribution in [3.05, 3.63) is 0 Å². The molecule has 0 amide bonds. The number of hydrogen-bond acceptors (Lipinski definition) is 4. The van der Waals surface area contributed by atoms with Gasteiger partial charge in [0.25, 0.3) is 0 Å². The molecule has 0 spiro atoms. The molecule has 0 aromatic carbocycles. The van der Waals surface area contributed by atoms with Crippen LogP contribution in [0.25, 0.3) is 0 Å². The van der Waals surface area contributed by atoms with Crippen molar-refractivity contribution in [1.29, 1.82) is 0 Å². The van der Waals surface area contributed by atoms with Gasteiger partial charge in [-0.3, -0.25) is 0 Å². The van der Waals surface area contributed by atoms with E-state index in [1.807, 2.05) is 25.6 Å². The highest BCUT2D eigenvalue weighted by Gasteiger charge is 2.29. The minimum absolute atomic E-state index is 0.204. The molecule has 0 radical (unpaired) electrons.